The largest absolute Gasteiger partial charge is 0.444 e. The van der Waals surface area contributed by atoms with Gasteiger partial charge in [-0.05, 0) is 57.9 Å². The topological polar surface area (TPSA) is 113 Å². The van der Waals surface area contributed by atoms with Crippen molar-refractivity contribution in [3.63, 3.8) is 0 Å². The standard InChI is InChI=1S/C28H29N3O6S/c1-28(2,3)37-27(34)30-16-14-18(15-17-30)29-38(35,36)24-13-7-10-19-20(24)11-6-12-23(19)31-25(32)21-8-4-5-9-22(21)26(31)33/h4-13,18,29H,14-17H2,1-3H3. The van der Waals surface area contributed by atoms with Crippen LogP contribution in [0, 0.1) is 0 Å². The Balaban J connectivity index is 1.39. The molecule has 1 N–H and O–H groups in total. The molecule has 0 bridgehead atoms. The number of carbonyl (C=O) groups is 3. The molecule has 1 fully saturated rings. The van der Waals surface area contributed by atoms with Crippen LogP contribution in [0.25, 0.3) is 10.8 Å². The highest BCUT2D eigenvalue weighted by Gasteiger charge is 2.37. The maximum Gasteiger partial charge on any atom is 0.410 e. The van der Waals surface area contributed by atoms with Gasteiger partial charge >= 0.3 is 6.09 Å². The van der Waals surface area contributed by atoms with Gasteiger partial charge in [0, 0.05) is 29.9 Å². The van der Waals surface area contributed by atoms with Crippen LogP contribution in [0.15, 0.2) is 65.6 Å². The minimum Gasteiger partial charge on any atom is -0.444 e. The third kappa shape index (κ3) is 4.77. The number of carbonyl (C=O) groups excluding carboxylic acids is 3. The van der Waals surface area contributed by atoms with E-state index in [4.69, 9.17) is 4.74 Å². The fraction of sp³-hybridized carbons (Fsp3) is 0.321. The molecule has 3 amide bonds. The first kappa shape index (κ1) is 25.9. The van der Waals surface area contributed by atoms with Gasteiger partial charge < -0.3 is 9.64 Å². The first-order valence-electron chi connectivity index (χ1n) is 12.5. The minimum atomic E-state index is -3.95. The zero-order chi connectivity index (χ0) is 27.2. The number of hydrogen-bond acceptors (Lipinski definition) is 6. The SMILES string of the molecule is CC(C)(C)OC(=O)N1CCC(NS(=O)(=O)c2cccc3c(N4C(=O)c5ccccc5C4=O)cccc23)CC1. The van der Waals surface area contributed by atoms with Gasteiger partial charge in [0.1, 0.15) is 5.60 Å². The Morgan fingerprint density at radius 1 is 0.868 bits per heavy atom. The Kier molecular flexibility index (Phi) is 6.48. The van der Waals surface area contributed by atoms with Crippen molar-refractivity contribution in [2.24, 2.45) is 0 Å². The molecule has 0 aromatic heterocycles. The highest BCUT2D eigenvalue weighted by atomic mass is 32.2. The summed E-state index contributed by atoms with van der Waals surface area (Å²) in [5.74, 6) is -0.887. The number of nitrogens with one attached hydrogen (secondary N) is 1. The zero-order valence-electron chi connectivity index (χ0n) is 21.4. The molecule has 5 rings (SSSR count). The van der Waals surface area contributed by atoms with Gasteiger partial charge in [0.15, 0.2) is 0 Å². The van der Waals surface area contributed by atoms with Crippen molar-refractivity contribution in [2.45, 2.75) is 50.2 Å². The highest BCUT2D eigenvalue weighted by Crippen LogP contribution is 2.36. The van der Waals surface area contributed by atoms with E-state index in [2.05, 4.69) is 4.72 Å². The molecular weight excluding hydrogens is 506 g/mol. The summed E-state index contributed by atoms with van der Waals surface area (Å²) in [6.07, 6.45) is 0.487. The molecule has 9 nitrogen and oxygen atoms in total. The van der Waals surface area contributed by atoms with E-state index >= 15 is 0 Å². The number of benzene rings is 3. The second-order valence-electron chi connectivity index (χ2n) is 10.5. The van der Waals surface area contributed by atoms with Crippen molar-refractivity contribution in [1.82, 2.24) is 9.62 Å². The first-order valence-corrected chi connectivity index (χ1v) is 13.9. The number of rotatable bonds is 4. The number of nitrogens with zero attached hydrogens (tertiary/aromatic N) is 2. The quantitative estimate of drug-likeness (QED) is 0.498. The molecule has 38 heavy (non-hydrogen) atoms. The molecular formula is C28H29N3O6S. The van der Waals surface area contributed by atoms with E-state index in [-0.39, 0.29) is 10.9 Å². The van der Waals surface area contributed by atoms with Gasteiger partial charge in [0.25, 0.3) is 11.8 Å². The summed E-state index contributed by atoms with van der Waals surface area (Å²) < 4.78 is 35.2. The Hall–Kier alpha value is -3.76. The normalized spacial score (nSPS) is 16.7. The van der Waals surface area contributed by atoms with Crippen LogP contribution in [0.3, 0.4) is 0 Å². The number of anilines is 1. The number of ether oxygens (including phenoxy) is 1. The molecule has 3 aromatic carbocycles. The van der Waals surface area contributed by atoms with Crippen LogP contribution in [-0.4, -0.2) is 56.0 Å². The summed E-state index contributed by atoms with van der Waals surface area (Å²) in [6.45, 7) is 6.16. The van der Waals surface area contributed by atoms with E-state index in [9.17, 15) is 22.8 Å². The van der Waals surface area contributed by atoms with Crippen molar-refractivity contribution in [1.29, 1.82) is 0 Å². The summed E-state index contributed by atoms with van der Waals surface area (Å²) in [4.78, 5) is 41.3. The number of piperidine rings is 1. The number of fused-ring (bicyclic) bond motifs is 2. The summed E-state index contributed by atoms with van der Waals surface area (Å²) >= 11 is 0. The maximum atomic E-state index is 13.5. The van der Waals surface area contributed by atoms with Crippen molar-refractivity contribution in [2.75, 3.05) is 18.0 Å². The van der Waals surface area contributed by atoms with Crippen LogP contribution in [-0.2, 0) is 14.8 Å². The molecule has 3 aromatic rings. The van der Waals surface area contributed by atoms with Crippen LogP contribution < -0.4 is 9.62 Å². The van der Waals surface area contributed by atoms with E-state index in [0.717, 1.165) is 4.90 Å². The molecule has 2 aliphatic rings. The predicted octanol–water partition coefficient (Wildman–Crippen LogP) is 4.32. The number of imide groups is 1. The van der Waals surface area contributed by atoms with Gasteiger partial charge in [-0.25, -0.2) is 22.8 Å². The maximum absolute atomic E-state index is 13.5. The fourth-order valence-corrected chi connectivity index (χ4v) is 6.42. The van der Waals surface area contributed by atoms with Crippen molar-refractivity contribution in [3.8, 4) is 0 Å². The lowest BCUT2D eigenvalue weighted by Crippen LogP contribution is -2.47. The summed E-state index contributed by atoms with van der Waals surface area (Å²) in [6, 6.07) is 16.0. The molecule has 0 atom stereocenters. The number of hydrogen-bond donors (Lipinski definition) is 1. The lowest BCUT2D eigenvalue weighted by atomic mass is 10.1. The van der Waals surface area contributed by atoms with Gasteiger partial charge in [-0.2, -0.15) is 0 Å². The van der Waals surface area contributed by atoms with Crippen LogP contribution >= 0.6 is 0 Å². The second-order valence-corrected chi connectivity index (χ2v) is 12.2. The molecule has 198 valence electrons. The molecule has 2 aliphatic heterocycles. The zero-order valence-corrected chi connectivity index (χ0v) is 22.2. The Morgan fingerprint density at radius 2 is 1.45 bits per heavy atom. The number of sulfonamides is 1. The minimum absolute atomic E-state index is 0.0584. The molecule has 0 aliphatic carbocycles. The Bertz CT molecular complexity index is 1520. The summed E-state index contributed by atoms with van der Waals surface area (Å²) in [5, 5.41) is 0.880. The van der Waals surface area contributed by atoms with Crippen LogP contribution in [0.1, 0.15) is 54.3 Å². The lowest BCUT2D eigenvalue weighted by Gasteiger charge is -2.33. The van der Waals surface area contributed by atoms with E-state index < -0.39 is 33.5 Å². The first-order chi connectivity index (χ1) is 18.0. The monoisotopic (exact) mass is 535 g/mol. The van der Waals surface area contributed by atoms with Gasteiger partial charge in [-0.1, -0.05) is 36.4 Å². The average Bonchev–Trinajstić information content (AvgIpc) is 3.12. The van der Waals surface area contributed by atoms with Gasteiger partial charge in [0.05, 0.1) is 21.7 Å². The van der Waals surface area contributed by atoms with E-state index in [1.54, 1.807) is 80.3 Å². The second kappa shape index (κ2) is 9.52. The molecule has 2 heterocycles. The fourth-order valence-electron chi connectivity index (χ4n) is 4.89. The predicted molar refractivity (Wildman–Crippen MR) is 143 cm³/mol. The summed E-state index contributed by atoms with van der Waals surface area (Å²) in [7, 11) is -3.95. The lowest BCUT2D eigenvalue weighted by molar-refractivity contribution is 0.0203. The number of amides is 3. The van der Waals surface area contributed by atoms with Crippen LogP contribution in [0.2, 0.25) is 0 Å². The van der Waals surface area contributed by atoms with Gasteiger partial charge in [0.2, 0.25) is 10.0 Å². The van der Waals surface area contributed by atoms with Crippen LogP contribution in [0.5, 0.6) is 0 Å². The van der Waals surface area contributed by atoms with E-state index in [1.807, 2.05) is 0 Å². The number of likely N-dealkylation sites (tertiary alicyclic amines) is 1. The molecule has 10 heteroatoms. The average molecular weight is 536 g/mol. The van der Waals surface area contributed by atoms with Gasteiger partial charge in [-0.15, -0.1) is 0 Å². The highest BCUT2D eigenvalue weighted by molar-refractivity contribution is 7.89. The molecule has 0 radical (unpaired) electrons. The van der Waals surface area contributed by atoms with Crippen molar-refractivity contribution in [3.05, 3.63) is 71.8 Å². The van der Waals surface area contributed by atoms with E-state index in [1.165, 1.54) is 6.07 Å². The third-order valence-electron chi connectivity index (χ3n) is 6.65. The smallest absolute Gasteiger partial charge is 0.410 e. The third-order valence-corrected chi connectivity index (χ3v) is 8.23. The Labute approximate surface area is 221 Å². The van der Waals surface area contributed by atoms with E-state index in [0.29, 0.717) is 53.5 Å². The summed E-state index contributed by atoms with van der Waals surface area (Å²) in [5.41, 5.74) is 0.363. The molecule has 0 unspecified atom stereocenters. The molecule has 0 saturated carbocycles. The van der Waals surface area contributed by atoms with Crippen molar-refractivity contribution >= 4 is 44.4 Å². The Morgan fingerprint density at radius 3 is 2.05 bits per heavy atom. The van der Waals surface area contributed by atoms with Crippen LogP contribution in [0.4, 0.5) is 10.5 Å². The molecule has 0 spiro atoms. The van der Waals surface area contributed by atoms with Gasteiger partial charge in [-0.3, -0.25) is 9.59 Å². The van der Waals surface area contributed by atoms with Crippen molar-refractivity contribution < 1.29 is 27.5 Å². The molecule has 1 saturated heterocycles.